The molecule has 3 amide bonds. The first-order valence-electron chi connectivity index (χ1n) is 14.5. The fourth-order valence-electron chi connectivity index (χ4n) is 7.09. The number of imide groups is 1. The van der Waals surface area contributed by atoms with Crippen LogP contribution in [0.4, 0.5) is 5.69 Å². The van der Waals surface area contributed by atoms with E-state index in [0.717, 1.165) is 44.3 Å². The van der Waals surface area contributed by atoms with Gasteiger partial charge in [0.15, 0.2) is 6.61 Å². The van der Waals surface area contributed by atoms with Gasteiger partial charge in [-0.05, 0) is 65.8 Å². The van der Waals surface area contributed by atoms with Crippen molar-refractivity contribution in [1.29, 1.82) is 0 Å². The van der Waals surface area contributed by atoms with E-state index in [0.29, 0.717) is 12.1 Å². The fraction of sp³-hybridized carbons (Fsp3) is 0.353. The summed E-state index contributed by atoms with van der Waals surface area (Å²) < 4.78 is 6.41. The van der Waals surface area contributed by atoms with Crippen LogP contribution < -0.4 is 5.32 Å². The Kier molecular flexibility index (Phi) is 7.51. The molecule has 0 radical (unpaired) electrons. The fourth-order valence-corrected chi connectivity index (χ4v) is 7.55. The molecular weight excluding hydrogens is 596 g/mol. The Morgan fingerprint density at radius 1 is 0.881 bits per heavy atom. The predicted molar refractivity (Wildman–Crippen MR) is 162 cm³/mol. The number of likely N-dealkylation sites (tertiary alicyclic amines) is 1. The summed E-state index contributed by atoms with van der Waals surface area (Å²) in [4.78, 5) is 55.8. The average Bonchev–Trinajstić information content (AvgIpc) is 3.25. The number of hydrogen-bond donors (Lipinski definition) is 1. The summed E-state index contributed by atoms with van der Waals surface area (Å²) in [6.45, 7) is 5.27. The van der Waals surface area contributed by atoms with Gasteiger partial charge in [0.05, 0.1) is 11.8 Å². The van der Waals surface area contributed by atoms with Crippen molar-refractivity contribution < 1.29 is 23.9 Å². The standard InChI is InChI=1S/C34H33BrN2O5/c1-4-5-14-26(34(41)42-17-27(38)36-25-16-18(2)24(35)15-19(25)3)37-32(39)30-28-20-10-6-7-11-21(20)29(31(30)33(37)40)23-13-9-8-12-22(23)28/h6-13,15-16,26,28-31H,4-5,14,17H2,1-3H3,(H,36,38)/t26-,28?,29?,30+,31+/m1/s1. The van der Waals surface area contributed by atoms with E-state index in [-0.39, 0.29) is 30.1 Å². The maximum absolute atomic E-state index is 14.2. The second kappa shape index (κ2) is 11.1. The molecule has 7 nitrogen and oxygen atoms in total. The highest BCUT2D eigenvalue weighted by atomic mass is 79.9. The lowest BCUT2D eigenvalue weighted by atomic mass is 9.55. The number of halogens is 1. The summed E-state index contributed by atoms with van der Waals surface area (Å²) >= 11 is 3.48. The Bertz CT molecular complexity index is 1500. The molecule has 7 rings (SSSR count). The van der Waals surface area contributed by atoms with Crippen molar-refractivity contribution in [2.75, 3.05) is 11.9 Å². The molecule has 8 heteroatoms. The number of benzene rings is 3. The molecule has 4 aliphatic rings. The SMILES string of the molecule is CCCC[C@H](C(=O)OCC(=O)Nc1cc(C)c(Br)cc1C)N1C(=O)[C@H]2C3c4ccccc4C(c4ccccc43)[C@@H]2C1=O. The van der Waals surface area contributed by atoms with Crippen molar-refractivity contribution in [3.8, 4) is 0 Å². The van der Waals surface area contributed by atoms with Gasteiger partial charge in [-0.15, -0.1) is 0 Å². The maximum Gasteiger partial charge on any atom is 0.329 e. The van der Waals surface area contributed by atoms with Crippen LogP contribution in [-0.4, -0.2) is 41.2 Å². The second-order valence-corrected chi connectivity index (χ2v) is 12.4. The quantitative estimate of drug-likeness (QED) is 0.244. The van der Waals surface area contributed by atoms with Gasteiger partial charge < -0.3 is 10.1 Å². The molecule has 0 unspecified atom stereocenters. The minimum atomic E-state index is -1.08. The zero-order chi connectivity index (χ0) is 29.7. The highest BCUT2D eigenvalue weighted by molar-refractivity contribution is 9.10. The first-order chi connectivity index (χ1) is 20.2. The van der Waals surface area contributed by atoms with Gasteiger partial charge in [0, 0.05) is 22.0 Å². The van der Waals surface area contributed by atoms with E-state index < -0.39 is 36.4 Å². The lowest BCUT2D eigenvalue weighted by Crippen LogP contribution is -2.47. The molecule has 3 aromatic rings. The van der Waals surface area contributed by atoms with Crippen molar-refractivity contribution in [3.05, 3.63) is 98.5 Å². The zero-order valence-corrected chi connectivity index (χ0v) is 25.4. The largest absolute Gasteiger partial charge is 0.454 e. The van der Waals surface area contributed by atoms with Crippen LogP contribution in [0, 0.1) is 25.7 Å². The molecule has 1 N–H and O–H groups in total. The number of carbonyl (C=O) groups is 4. The zero-order valence-electron chi connectivity index (χ0n) is 23.9. The maximum atomic E-state index is 14.2. The van der Waals surface area contributed by atoms with Gasteiger partial charge in [-0.2, -0.15) is 0 Å². The molecule has 2 bridgehead atoms. The van der Waals surface area contributed by atoms with E-state index in [9.17, 15) is 19.2 Å². The van der Waals surface area contributed by atoms with E-state index in [1.807, 2.05) is 57.2 Å². The molecule has 1 fully saturated rings. The first kappa shape index (κ1) is 28.3. The van der Waals surface area contributed by atoms with E-state index >= 15 is 0 Å². The summed E-state index contributed by atoms with van der Waals surface area (Å²) in [7, 11) is 0. The summed E-state index contributed by atoms with van der Waals surface area (Å²) in [6, 6.07) is 18.8. The number of aryl methyl sites for hydroxylation is 2. The van der Waals surface area contributed by atoms with Crippen LogP contribution in [0.2, 0.25) is 0 Å². The highest BCUT2D eigenvalue weighted by Gasteiger charge is 2.63. The van der Waals surface area contributed by atoms with E-state index in [2.05, 4.69) is 45.5 Å². The van der Waals surface area contributed by atoms with E-state index in [1.165, 1.54) is 4.90 Å². The topological polar surface area (TPSA) is 92.8 Å². The number of esters is 1. The molecule has 3 atom stereocenters. The van der Waals surface area contributed by atoms with Crippen molar-refractivity contribution >= 4 is 45.3 Å². The molecular formula is C34H33BrN2O5. The van der Waals surface area contributed by atoms with Crippen LogP contribution in [0.25, 0.3) is 0 Å². The van der Waals surface area contributed by atoms with Gasteiger partial charge in [-0.25, -0.2) is 4.79 Å². The van der Waals surface area contributed by atoms with Crippen LogP contribution in [-0.2, 0) is 23.9 Å². The molecule has 0 spiro atoms. The van der Waals surface area contributed by atoms with E-state index in [4.69, 9.17) is 4.74 Å². The van der Waals surface area contributed by atoms with Crippen molar-refractivity contribution in [2.24, 2.45) is 11.8 Å². The van der Waals surface area contributed by atoms with Gasteiger partial charge in [-0.3, -0.25) is 19.3 Å². The number of hydrogen-bond acceptors (Lipinski definition) is 5. The Labute approximate surface area is 253 Å². The van der Waals surface area contributed by atoms with Crippen molar-refractivity contribution in [2.45, 2.75) is 57.9 Å². The minimum Gasteiger partial charge on any atom is -0.454 e. The third kappa shape index (κ3) is 4.56. The first-order valence-corrected chi connectivity index (χ1v) is 15.3. The van der Waals surface area contributed by atoms with Gasteiger partial charge in [0.2, 0.25) is 11.8 Å². The summed E-state index contributed by atoms with van der Waals surface area (Å²) in [5.74, 6) is -3.52. The van der Waals surface area contributed by atoms with Crippen molar-refractivity contribution in [1.82, 2.24) is 4.90 Å². The Hall–Kier alpha value is -3.78. The molecule has 1 heterocycles. The summed E-state index contributed by atoms with van der Waals surface area (Å²) in [5.41, 5.74) is 6.75. The van der Waals surface area contributed by atoms with Gasteiger partial charge in [0.25, 0.3) is 5.91 Å². The lowest BCUT2D eigenvalue weighted by Gasteiger charge is -2.45. The second-order valence-electron chi connectivity index (χ2n) is 11.5. The number of nitrogens with zero attached hydrogens (tertiary/aromatic N) is 1. The molecule has 1 aliphatic heterocycles. The van der Waals surface area contributed by atoms with Crippen molar-refractivity contribution in [3.63, 3.8) is 0 Å². The minimum absolute atomic E-state index is 0.250. The molecule has 42 heavy (non-hydrogen) atoms. The summed E-state index contributed by atoms with van der Waals surface area (Å²) in [5, 5.41) is 2.80. The van der Waals surface area contributed by atoms with Crippen LogP contribution >= 0.6 is 15.9 Å². The third-order valence-electron chi connectivity index (χ3n) is 9.02. The van der Waals surface area contributed by atoms with Gasteiger partial charge in [0.1, 0.15) is 6.04 Å². The number of unbranched alkanes of at least 4 members (excludes halogenated alkanes) is 1. The smallest absolute Gasteiger partial charge is 0.329 e. The molecule has 3 aromatic carbocycles. The number of amides is 3. The number of rotatable bonds is 8. The average molecular weight is 630 g/mol. The van der Waals surface area contributed by atoms with Gasteiger partial charge in [-0.1, -0.05) is 84.2 Å². The third-order valence-corrected chi connectivity index (χ3v) is 9.88. The van der Waals surface area contributed by atoms with Gasteiger partial charge >= 0.3 is 5.97 Å². The molecule has 216 valence electrons. The monoisotopic (exact) mass is 628 g/mol. The predicted octanol–water partition coefficient (Wildman–Crippen LogP) is 6.00. The molecule has 1 saturated heterocycles. The van der Waals surface area contributed by atoms with Crippen LogP contribution in [0.3, 0.4) is 0 Å². The molecule has 3 aliphatic carbocycles. The number of ether oxygens (including phenoxy) is 1. The summed E-state index contributed by atoms with van der Waals surface area (Å²) in [6.07, 6.45) is 1.69. The lowest BCUT2D eigenvalue weighted by molar-refractivity contribution is -0.160. The normalized spacial score (nSPS) is 22.3. The number of nitrogens with one attached hydrogen (secondary N) is 1. The molecule has 0 saturated carbocycles. The van der Waals surface area contributed by atoms with Crippen LogP contribution in [0.15, 0.2) is 65.1 Å². The number of anilines is 1. The Morgan fingerprint density at radius 3 is 1.90 bits per heavy atom. The Morgan fingerprint density at radius 2 is 1.40 bits per heavy atom. The molecule has 0 aromatic heterocycles. The van der Waals surface area contributed by atoms with E-state index in [1.54, 1.807) is 0 Å². The van der Waals surface area contributed by atoms with Crippen LogP contribution in [0.1, 0.15) is 71.4 Å². The van der Waals surface area contributed by atoms with Crippen LogP contribution in [0.5, 0.6) is 0 Å². The number of carbonyl (C=O) groups excluding carboxylic acids is 4. The highest BCUT2D eigenvalue weighted by Crippen LogP contribution is 2.61. The Balaban J connectivity index is 1.25.